The van der Waals surface area contributed by atoms with E-state index in [0.717, 1.165) is 31.9 Å². The van der Waals surface area contributed by atoms with Crippen molar-refractivity contribution < 1.29 is 9.53 Å². The van der Waals surface area contributed by atoms with Gasteiger partial charge in [-0.05, 0) is 24.0 Å². The first-order valence-electron chi connectivity index (χ1n) is 6.49. The Balaban J connectivity index is 0.00000133. The van der Waals surface area contributed by atoms with Crippen LogP contribution in [0.2, 0.25) is 0 Å². The number of nitrogens with zero attached hydrogens (tertiary/aromatic N) is 1. The van der Waals surface area contributed by atoms with Crippen molar-refractivity contribution in [3.8, 4) is 5.75 Å². The molecule has 2 heterocycles. The van der Waals surface area contributed by atoms with Crippen LogP contribution in [0.15, 0.2) is 30.3 Å². The fourth-order valence-corrected chi connectivity index (χ4v) is 2.81. The number of halogens is 1. The van der Waals surface area contributed by atoms with Crippen molar-refractivity contribution in [2.45, 2.75) is 0 Å². The van der Waals surface area contributed by atoms with Gasteiger partial charge in [-0.1, -0.05) is 18.2 Å². The molecule has 104 valence electrons. The molecule has 0 spiro atoms. The highest BCUT2D eigenvalue weighted by Crippen LogP contribution is 2.26. The van der Waals surface area contributed by atoms with Crippen LogP contribution in [-0.2, 0) is 4.79 Å². The van der Waals surface area contributed by atoms with Crippen molar-refractivity contribution in [2.75, 3.05) is 32.8 Å². The predicted octanol–water partition coefficient (Wildman–Crippen LogP) is 1.16. The van der Waals surface area contributed by atoms with Crippen LogP contribution in [-0.4, -0.2) is 43.6 Å². The van der Waals surface area contributed by atoms with E-state index in [1.165, 1.54) is 0 Å². The Morgan fingerprint density at radius 2 is 1.84 bits per heavy atom. The van der Waals surface area contributed by atoms with Gasteiger partial charge in [0.2, 0.25) is 0 Å². The van der Waals surface area contributed by atoms with Crippen molar-refractivity contribution in [1.29, 1.82) is 0 Å². The van der Waals surface area contributed by atoms with Crippen molar-refractivity contribution in [1.82, 2.24) is 10.2 Å². The number of ether oxygens (including phenoxy) is 1. The summed E-state index contributed by atoms with van der Waals surface area (Å²) in [5, 5.41) is 3.37. The molecule has 3 rings (SSSR count). The molecule has 2 fully saturated rings. The van der Waals surface area contributed by atoms with Crippen LogP contribution in [0.1, 0.15) is 0 Å². The van der Waals surface area contributed by atoms with Gasteiger partial charge in [-0.2, -0.15) is 0 Å². The lowest BCUT2D eigenvalue weighted by atomic mass is 10.0. The zero-order chi connectivity index (χ0) is 12.4. The molecule has 0 bridgehead atoms. The maximum atomic E-state index is 12.0. The maximum Gasteiger partial charge on any atom is 0.260 e. The quantitative estimate of drug-likeness (QED) is 0.905. The minimum atomic E-state index is 0. The third-order valence-electron chi connectivity index (χ3n) is 3.85. The Hall–Kier alpha value is -1.26. The van der Waals surface area contributed by atoms with Crippen LogP contribution in [0.4, 0.5) is 0 Å². The van der Waals surface area contributed by atoms with E-state index < -0.39 is 0 Å². The average Bonchev–Trinajstić information content (AvgIpc) is 2.98. The second-order valence-corrected chi connectivity index (χ2v) is 5.08. The highest BCUT2D eigenvalue weighted by molar-refractivity contribution is 5.85. The smallest absolute Gasteiger partial charge is 0.260 e. The van der Waals surface area contributed by atoms with Gasteiger partial charge in [0.05, 0.1) is 0 Å². The minimum absolute atomic E-state index is 0. The van der Waals surface area contributed by atoms with Crippen LogP contribution in [0.5, 0.6) is 5.75 Å². The largest absolute Gasteiger partial charge is 0.484 e. The molecule has 0 saturated carbocycles. The Morgan fingerprint density at radius 1 is 1.21 bits per heavy atom. The lowest BCUT2D eigenvalue weighted by Crippen LogP contribution is -2.35. The lowest BCUT2D eigenvalue weighted by Gasteiger charge is -2.17. The molecule has 1 aromatic carbocycles. The molecule has 0 aromatic heterocycles. The van der Waals surface area contributed by atoms with E-state index in [4.69, 9.17) is 4.74 Å². The summed E-state index contributed by atoms with van der Waals surface area (Å²) < 4.78 is 5.50. The summed E-state index contributed by atoms with van der Waals surface area (Å²) in [4.78, 5) is 14.0. The lowest BCUT2D eigenvalue weighted by molar-refractivity contribution is -0.132. The first kappa shape index (κ1) is 14.2. The van der Waals surface area contributed by atoms with Gasteiger partial charge in [-0.3, -0.25) is 4.79 Å². The van der Waals surface area contributed by atoms with Crippen molar-refractivity contribution in [3.63, 3.8) is 0 Å². The average molecular weight is 283 g/mol. The summed E-state index contributed by atoms with van der Waals surface area (Å²) in [5.74, 6) is 2.15. The molecule has 4 nitrogen and oxygen atoms in total. The standard InChI is InChI=1S/C14H18N2O2.ClH/c17-14(10-18-13-4-2-1-3-5-13)16-8-11-6-15-7-12(11)9-16;/h1-5,11-12,15H,6-10H2;1H/t11-,12+;. The third-order valence-corrected chi connectivity index (χ3v) is 3.85. The Bertz CT molecular complexity index is 415. The number of hydrogen-bond acceptors (Lipinski definition) is 3. The first-order valence-corrected chi connectivity index (χ1v) is 6.49. The number of fused-ring (bicyclic) bond motifs is 1. The number of likely N-dealkylation sites (tertiary alicyclic amines) is 1. The Kier molecular flexibility index (Phi) is 4.66. The highest BCUT2D eigenvalue weighted by atomic mass is 35.5. The second-order valence-electron chi connectivity index (χ2n) is 5.08. The summed E-state index contributed by atoms with van der Waals surface area (Å²) in [6.07, 6.45) is 0. The fraction of sp³-hybridized carbons (Fsp3) is 0.500. The number of para-hydroxylation sites is 1. The fourth-order valence-electron chi connectivity index (χ4n) is 2.81. The van der Waals surface area contributed by atoms with Gasteiger partial charge in [0.15, 0.2) is 6.61 Å². The molecule has 5 heteroatoms. The number of nitrogens with one attached hydrogen (secondary N) is 1. The Labute approximate surface area is 119 Å². The summed E-state index contributed by atoms with van der Waals surface area (Å²) in [7, 11) is 0. The molecular formula is C14H19ClN2O2. The summed E-state index contributed by atoms with van der Waals surface area (Å²) in [6.45, 7) is 4.02. The van der Waals surface area contributed by atoms with Crippen LogP contribution in [0.3, 0.4) is 0 Å². The molecule has 19 heavy (non-hydrogen) atoms. The van der Waals surface area contributed by atoms with Crippen LogP contribution >= 0.6 is 12.4 Å². The van der Waals surface area contributed by atoms with E-state index >= 15 is 0 Å². The zero-order valence-corrected chi connectivity index (χ0v) is 11.6. The van der Waals surface area contributed by atoms with E-state index in [9.17, 15) is 4.79 Å². The van der Waals surface area contributed by atoms with Crippen LogP contribution in [0, 0.1) is 11.8 Å². The molecular weight excluding hydrogens is 264 g/mol. The number of rotatable bonds is 3. The Morgan fingerprint density at radius 3 is 2.47 bits per heavy atom. The predicted molar refractivity (Wildman–Crippen MR) is 75.6 cm³/mol. The molecule has 0 radical (unpaired) electrons. The van der Waals surface area contributed by atoms with E-state index in [-0.39, 0.29) is 24.9 Å². The van der Waals surface area contributed by atoms with E-state index in [2.05, 4.69) is 5.32 Å². The number of benzene rings is 1. The van der Waals surface area contributed by atoms with Gasteiger partial charge >= 0.3 is 0 Å². The normalized spacial score (nSPS) is 24.7. The van der Waals surface area contributed by atoms with Crippen molar-refractivity contribution in [3.05, 3.63) is 30.3 Å². The molecule has 2 atom stereocenters. The topological polar surface area (TPSA) is 41.6 Å². The van der Waals surface area contributed by atoms with Gasteiger partial charge in [0, 0.05) is 26.2 Å². The monoisotopic (exact) mass is 282 g/mol. The van der Waals surface area contributed by atoms with E-state index in [0.29, 0.717) is 11.8 Å². The van der Waals surface area contributed by atoms with Crippen LogP contribution in [0.25, 0.3) is 0 Å². The molecule has 1 amide bonds. The molecule has 0 unspecified atom stereocenters. The molecule has 2 aliphatic rings. The van der Waals surface area contributed by atoms with E-state index in [1.54, 1.807) is 0 Å². The van der Waals surface area contributed by atoms with Gasteiger partial charge < -0.3 is 15.0 Å². The zero-order valence-electron chi connectivity index (χ0n) is 10.7. The number of amides is 1. The second kappa shape index (κ2) is 6.26. The minimum Gasteiger partial charge on any atom is -0.484 e. The number of hydrogen-bond donors (Lipinski definition) is 1. The highest BCUT2D eigenvalue weighted by Gasteiger charge is 2.37. The summed E-state index contributed by atoms with van der Waals surface area (Å²) in [6, 6.07) is 9.49. The maximum absolute atomic E-state index is 12.0. The van der Waals surface area contributed by atoms with Crippen molar-refractivity contribution in [2.24, 2.45) is 11.8 Å². The number of carbonyl (C=O) groups excluding carboxylic acids is 1. The molecule has 2 aliphatic heterocycles. The van der Waals surface area contributed by atoms with E-state index in [1.807, 2.05) is 35.2 Å². The SMILES string of the molecule is Cl.O=C(COc1ccccc1)N1C[C@H]2CNC[C@H]2C1. The van der Waals surface area contributed by atoms with Gasteiger partial charge in [0.25, 0.3) is 5.91 Å². The molecule has 1 aromatic rings. The van der Waals surface area contributed by atoms with Gasteiger partial charge in [0.1, 0.15) is 5.75 Å². The van der Waals surface area contributed by atoms with Crippen molar-refractivity contribution >= 4 is 18.3 Å². The molecule has 0 aliphatic carbocycles. The van der Waals surface area contributed by atoms with Gasteiger partial charge in [-0.25, -0.2) is 0 Å². The summed E-state index contributed by atoms with van der Waals surface area (Å²) >= 11 is 0. The third kappa shape index (κ3) is 3.19. The molecule has 1 N–H and O–H groups in total. The summed E-state index contributed by atoms with van der Waals surface area (Å²) in [5.41, 5.74) is 0. The van der Waals surface area contributed by atoms with Crippen LogP contribution < -0.4 is 10.1 Å². The number of carbonyl (C=O) groups is 1. The molecule has 2 saturated heterocycles. The first-order chi connectivity index (χ1) is 8.83. The van der Waals surface area contributed by atoms with Gasteiger partial charge in [-0.15, -0.1) is 12.4 Å².